The van der Waals surface area contributed by atoms with Crippen molar-refractivity contribution in [2.45, 2.75) is 88.9 Å². The molecule has 6 aliphatic rings. The first-order chi connectivity index (χ1) is 23.7. The van der Waals surface area contributed by atoms with Crippen molar-refractivity contribution in [2.24, 2.45) is 23.7 Å². The van der Waals surface area contributed by atoms with Crippen molar-refractivity contribution in [1.29, 1.82) is 0 Å². The molecule has 246 valence electrons. The molecule has 1 nitrogen and oxygen atoms in total. The summed E-state index contributed by atoms with van der Waals surface area (Å²) in [5.74, 6) is 3.49. The molecule has 5 aromatic rings. The summed E-state index contributed by atoms with van der Waals surface area (Å²) in [4.78, 5) is 2.47. The second-order valence-electron chi connectivity index (χ2n) is 17.7. The Labute approximate surface area is 293 Å². The van der Waals surface area contributed by atoms with E-state index in [-0.39, 0.29) is 16.2 Å². The maximum atomic E-state index is 2.55. The highest BCUT2D eigenvalue weighted by atomic mass is 15.1. The smallest absolute Gasteiger partial charge is 0.0468 e. The summed E-state index contributed by atoms with van der Waals surface area (Å²) in [6.45, 7) is 9.67. The highest BCUT2D eigenvalue weighted by Crippen LogP contribution is 2.69. The van der Waals surface area contributed by atoms with Crippen LogP contribution < -0.4 is 4.90 Å². The molecule has 0 heterocycles. The van der Waals surface area contributed by atoms with Crippen LogP contribution in [0.5, 0.6) is 0 Å². The fourth-order valence-electron chi connectivity index (χ4n) is 11.9. The van der Waals surface area contributed by atoms with Gasteiger partial charge in [0.25, 0.3) is 0 Å². The van der Waals surface area contributed by atoms with Crippen molar-refractivity contribution in [3.63, 3.8) is 0 Å². The van der Waals surface area contributed by atoms with Gasteiger partial charge in [0, 0.05) is 22.5 Å². The number of hydrogen-bond donors (Lipinski definition) is 0. The number of nitrogens with zero attached hydrogens (tertiary/aromatic N) is 1. The summed E-state index contributed by atoms with van der Waals surface area (Å²) < 4.78 is 0. The zero-order valence-corrected chi connectivity index (χ0v) is 29.7. The van der Waals surface area contributed by atoms with Gasteiger partial charge in [-0.2, -0.15) is 0 Å². The quantitative estimate of drug-likeness (QED) is 0.189. The Hall–Kier alpha value is -4.10. The van der Waals surface area contributed by atoms with Crippen LogP contribution in [-0.4, -0.2) is 0 Å². The molecular weight excluding hydrogens is 591 g/mol. The van der Waals surface area contributed by atoms with Gasteiger partial charge in [0.05, 0.1) is 0 Å². The fourth-order valence-corrected chi connectivity index (χ4v) is 11.9. The minimum Gasteiger partial charge on any atom is -0.310 e. The Bertz CT molecular complexity index is 2050. The molecule has 4 saturated carbocycles. The largest absolute Gasteiger partial charge is 0.310 e. The molecule has 0 aliphatic heterocycles. The van der Waals surface area contributed by atoms with E-state index in [1.165, 1.54) is 95.4 Å². The van der Waals surface area contributed by atoms with Crippen LogP contribution in [-0.2, 0) is 16.2 Å². The molecule has 1 spiro atoms. The summed E-state index contributed by atoms with van der Waals surface area (Å²) in [6, 6.07) is 44.5. The van der Waals surface area contributed by atoms with Gasteiger partial charge in [0.1, 0.15) is 0 Å². The summed E-state index contributed by atoms with van der Waals surface area (Å²) in [6.07, 6.45) is 9.65. The number of hydrogen-bond acceptors (Lipinski definition) is 1. The SMILES string of the molecule is CC1(C)CCC(C)(C)c2cc(-c3ccc(N(c4ccccc4)c4ccc5c(c4)-c4ccccc4C54C5CC6CC(C5)CC4C6)cc3)ccc21. The maximum Gasteiger partial charge on any atom is 0.0468 e. The van der Waals surface area contributed by atoms with E-state index in [9.17, 15) is 0 Å². The molecular formula is C48H49N. The van der Waals surface area contributed by atoms with Gasteiger partial charge in [-0.1, -0.05) is 107 Å². The van der Waals surface area contributed by atoms with Crippen molar-refractivity contribution in [1.82, 2.24) is 0 Å². The molecule has 0 unspecified atom stereocenters. The van der Waals surface area contributed by atoms with E-state index in [2.05, 4.69) is 148 Å². The van der Waals surface area contributed by atoms with Crippen LogP contribution in [0.15, 0.2) is 115 Å². The highest BCUT2D eigenvalue weighted by molar-refractivity contribution is 5.87. The van der Waals surface area contributed by atoms with E-state index >= 15 is 0 Å². The average molecular weight is 640 g/mol. The van der Waals surface area contributed by atoms with Crippen LogP contribution in [0.2, 0.25) is 0 Å². The minimum absolute atomic E-state index is 0.201. The number of anilines is 3. The van der Waals surface area contributed by atoms with Crippen LogP contribution in [0.3, 0.4) is 0 Å². The third kappa shape index (κ3) is 4.30. The lowest BCUT2D eigenvalue weighted by molar-refractivity contribution is -0.0399. The minimum atomic E-state index is 0.201. The second-order valence-corrected chi connectivity index (χ2v) is 17.7. The summed E-state index contributed by atoms with van der Waals surface area (Å²) >= 11 is 0. The first-order valence-corrected chi connectivity index (χ1v) is 19.1. The van der Waals surface area contributed by atoms with E-state index in [1.54, 1.807) is 11.1 Å². The summed E-state index contributed by atoms with van der Waals surface area (Å²) in [7, 11) is 0. The van der Waals surface area contributed by atoms with E-state index in [4.69, 9.17) is 0 Å². The van der Waals surface area contributed by atoms with Crippen LogP contribution in [0.25, 0.3) is 22.3 Å². The van der Waals surface area contributed by atoms with Crippen molar-refractivity contribution < 1.29 is 0 Å². The van der Waals surface area contributed by atoms with Crippen molar-refractivity contribution >= 4 is 17.1 Å². The van der Waals surface area contributed by atoms with E-state index < -0.39 is 0 Å². The van der Waals surface area contributed by atoms with Crippen LogP contribution in [0.1, 0.15) is 94.9 Å². The monoisotopic (exact) mass is 639 g/mol. The lowest BCUT2D eigenvalue weighted by atomic mass is 9.43. The Morgan fingerprint density at radius 3 is 1.71 bits per heavy atom. The summed E-state index contributed by atoms with van der Waals surface area (Å²) in [5, 5.41) is 0. The molecule has 1 heteroatoms. The lowest BCUT2D eigenvalue weighted by Gasteiger charge is -2.61. The molecule has 0 aromatic heterocycles. The molecule has 4 fully saturated rings. The van der Waals surface area contributed by atoms with Gasteiger partial charge >= 0.3 is 0 Å². The molecule has 0 radical (unpaired) electrons. The Morgan fingerprint density at radius 2 is 1.00 bits per heavy atom. The van der Waals surface area contributed by atoms with Crippen molar-refractivity contribution in [2.75, 3.05) is 4.90 Å². The Balaban J connectivity index is 1.06. The zero-order valence-electron chi connectivity index (χ0n) is 29.7. The molecule has 11 rings (SSSR count). The number of fused-ring (bicyclic) bond motifs is 4. The topological polar surface area (TPSA) is 3.24 Å². The molecule has 0 amide bonds. The Morgan fingerprint density at radius 1 is 0.449 bits per heavy atom. The van der Waals surface area contributed by atoms with E-state index in [1.807, 2.05) is 0 Å². The van der Waals surface area contributed by atoms with Gasteiger partial charge < -0.3 is 4.90 Å². The predicted molar refractivity (Wildman–Crippen MR) is 205 cm³/mol. The van der Waals surface area contributed by atoms with Gasteiger partial charge in [-0.25, -0.2) is 0 Å². The third-order valence-electron chi connectivity index (χ3n) is 14.1. The fraction of sp³-hybridized carbons (Fsp3) is 0.375. The van der Waals surface area contributed by atoms with Crippen molar-refractivity contribution in [3.05, 3.63) is 138 Å². The van der Waals surface area contributed by atoms with Gasteiger partial charge in [0.2, 0.25) is 0 Å². The predicted octanol–water partition coefficient (Wildman–Crippen LogP) is 12.9. The van der Waals surface area contributed by atoms with E-state index in [0.29, 0.717) is 0 Å². The van der Waals surface area contributed by atoms with Crippen LogP contribution >= 0.6 is 0 Å². The highest BCUT2D eigenvalue weighted by Gasteiger charge is 2.61. The van der Waals surface area contributed by atoms with E-state index in [0.717, 1.165) is 23.7 Å². The van der Waals surface area contributed by atoms with Gasteiger partial charge in [-0.3, -0.25) is 0 Å². The number of benzene rings is 5. The molecule has 0 saturated heterocycles. The molecule has 0 atom stereocenters. The molecule has 6 aliphatic carbocycles. The third-order valence-corrected chi connectivity index (χ3v) is 14.1. The molecule has 5 aromatic carbocycles. The Kier molecular flexibility index (Phi) is 6.36. The first kappa shape index (κ1) is 29.8. The first-order valence-electron chi connectivity index (χ1n) is 19.1. The lowest BCUT2D eigenvalue weighted by Crippen LogP contribution is -2.55. The maximum absolute atomic E-state index is 2.55. The number of rotatable bonds is 4. The molecule has 49 heavy (non-hydrogen) atoms. The van der Waals surface area contributed by atoms with Gasteiger partial charge in [-0.05, 0) is 160 Å². The summed E-state index contributed by atoms with van der Waals surface area (Å²) in [5.41, 5.74) is 16.1. The van der Waals surface area contributed by atoms with Gasteiger partial charge in [0.15, 0.2) is 0 Å². The van der Waals surface area contributed by atoms with Crippen LogP contribution in [0.4, 0.5) is 17.1 Å². The van der Waals surface area contributed by atoms with Crippen molar-refractivity contribution in [3.8, 4) is 22.3 Å². The second kappa shape index (κ2) is 10.5. The van der Waals surface area contributed by atoms with Crippen LogP contribution in [0, 0.1) is 23.7 Å². The normalized spacial score (nSPS) is 27.8. The molecule has 0 N–H and O–H groups in total. The average Bonchev–Trinajstić information content (AvgIpc) is 3.40. The molecule has 4 bridgehead atoms. The number of para-hydroxylation sites is 1. The van der Waals surface area contributed by atoms with Gasteiger partial charge in [-0.15, -0.1) is 0 Å². The standard InChI is InChI=1S/C48H49N/c1-46(2)22-23-47(3,4)45-29-34(16-20-44(45)46)33-14-17-38(18-15-33)49(37-10-6-5-7-11-37)39-19-21-43-41(30-39)40-12-8-9-13-42(40)48(43)35-25-31-24-32(27-35)28-36(48)26-31/h5-21,29-32,35-36H,22-28H2,1-4H3. The zero-order chi connectivity index (χ0) is 33.1.